The average Bonchev–Trinajstić information content (AvgIpc) is 2.67. The summed E-state index contributed by atoms with van der Waals surface area (Å²) in [6.07, 6.45) is 0.982. The summed E-state index contributed by atoms with van der Waals surface area (Å²) in [5.74, 6) is 0.842. The minimum atomic E-state index is 0. The molecule has 0 radical (unpaired) electrons. The highest BCUT2D eigenvalue weighted by Gasteiger charge is 2.01. The van der Waals surface area contributed by atoms with Crippen LogP contribution in [-0.4, -0.2) is 6.54 Å². The van der Waals surface area contributed by atoms with Crippen molar-refractivity contribution in [1.82, 2.24) is 5.32 Å². The van der Waals surface area contributed by atoms with Gasteiger partial charge in [-0.2, -0.15) is 0 Å². The number of benzene rings is 3. The summed E-state index contributed by atoms with van der Waals surface area (Å²) in [5, 5.41) is 4.97. The van der Waals surface area contributed by atoms with Crippen LogP contribution in [0.3, 0.4) is 0 Å². The minimum Gasteiger partial charge on any atom is -0.489 e. The van der Waals surface area contributed by atoms with Crippen molar-refractivity contribution in [3.63, 3.8) is 0 Å². The fourth-order valence-electron chi connectivity index (χ4n) is 2.60. The average molecular weight is 423 g/mol. The van der Waals surface area contributed by atoms with E-state index >= 15 is 0 Å². The molecule has 0 bridgehead atoms. The summed E-state index contributed by atoms with van der Waals surface area (Å²) in [5.41, 5.74) is 3.50. The van der Waals surface area contributed by atoms with Gasteiger partial charge in [-0.05, 0) is 54.4 Å². The first-order valence-electron chi connectivity index (χ1n) is 8.61. The SMILES string of the molecule is Cl.Clc1ccc(CCNCc2ccc(OCc3ccccc3Cl)cc2)cc1. The van der Waals surface area contributed by atoms with Gasteiger partial charge in [-0.15, -0.1) is 12.4 Å². The normalized spacial score (nSPS) is 10.3. The third-order valence-corrected chi connectivity index (χ3v) is 4.73. The summed E-state index contributed by atoms with van der Waals surface area (Å²) in [7, 11) is 0. The predicted octanol–water partition coefficient (Wildman–Crippen LogP) is 6.33. The quantitative estimate of drug-likeness (QED) is 0.428. The first-order valence-corrected chi connectivity index (χ1v) is 9.36. The number of rotatable bonds is 8. The second-order valence-electron chi connectivity index (χ2n) is 6.08. The lowest BCUT2D eigenvalue weighted by atomic mass is 10.1. The number of halogens is 3. The van der Waals surface area contributed by atoms with Gasteiger partial charge in [-0.3, -0.25) is 0 Å². The molecule has 142 valence electrons. The van der Waals surface area contributed by atoms with E-state index in [1.54, 1.807) is 0 Å². The molecular weight excluding hydrogens is 401 g/mol. The fourth-order valence-corrected chi connectivity index (χ4v) is 2.91. The Labute approximate surface area is 176 Å². The fraction of sp³-hybridized carbons (Fsp3) is 0.182. The lowest BCUT2D eigenvalue weighted by Gasteiger charge is -2.09. The molecule has 0 fully saturated rings. The van der Waals surface area contributed by atoms with E-state index in [9.17, 15) is 0 Å². The van der Waals surface area contributed by atoms with E-state index in [2.05, 4.69) is 29.6 Å². The van der Waals surface area contributed by atoms with Crippen molar-refractivity contribution in [2.45, 2.75) is 19.6 Å². The Hall–Kier alpha value is -1.71. The second kappa shape index (κ2) is 11.2. The van der Waals surface area contributed by atoms with Gasteiger partial charge in [0.15, 0.2) is 0 Å². The molecule has 0 amide bonds. The second-order valence-corrected chi connectivity index (χ2v) is 6.92. The Morgan fingerprint density at radius 1 is 0.778 bits per heavy atom. The van der Waals surface area contributed by atoms with Crippen LogP contribution in [0.15, 0.2) is 72.8 Å². The van der Waals surface area contributed by atoms with E-state index in [1.165, 1.54) is 11.1 Å². The third-order valence-electron chi connectivity index (χ3n) is 4.11. The number of hydrogen-bond donors (Lipinski definition) is 1. The maximum absolute atomic E-state index is 6.14. The third kappa shape index (κ3) is 7.08. The molecule has 0 atom stereocenters. The van der Waals surface area contributed by atoms with Crippen LogP contribution < -0.4 is 10.1 Å². The van der Waals surface area contributed by atoms with Crippen molar-refractivity contribution in [1.29, 1.82) is 0 Å². The highest BCUT2D eigenvalue weighted by atomic mass is 35.5. The van der Waals surface area contributed by atoms with Crippen LogP contribution in [0.2, 0.25) is 10.0 Å². The molecule has 0 saturated carbocycles. The Morgan fingerprint density at radius 2 is 1.44 bits per heavy atom. The summed E-state index contributed by atoms with van der Waals surface area (Å²) in [4.78, 5) is 0. The summed E-state index contributed by atoms with van der Waals surface area (Å²) < 4.78 is 5.81. The van der Waals surface area contributed by atoms with E-state index in [0.717, 1.165) is 40.9 Å². The van der Waals surface area contributed by atoms with Gasteiger partial charge in [0, 0.05) is 22.2 Å². The maximum Gasteiger partial charge on any atom is 0.119 e. The van der Waals surface area contributed by atoms with Gasteiger partial charge in [-0.1, -0.05) is 65.7 Å². The van der Waals surface area contributed by atoms with Gasteiger partial charge in [0.25, 0.3) is 0 Å². The van der Waals surface area contributed by atoms with E-state index in [1.807, 2.05) is 48.5 Å². The van der Waals surface area contributed by atoms with Gasteiger partial charge in [0.1, 0.15) is 12.4 Å². The van der Waals surface area contributed by atoms with Crippen LogP contribution in [0.4, 0.5) is 0 Å². The van der Waals surface area contributed by atoms with Gasteiger partial charge >= 0.3 is 0 Å². The summed E-state index contributed by atoms with van der Waals surface area (Å²) >= 11 is 12.0. The minimum absolute atomic E-state index is 0. The largest absolute Gasteiger partial charge is 0.489 e. The van der Waals surface area contributed by atoms with Crippen LogP contribution in [0.5, 0.6) is 5.75 Å². The van der Waals surface area contributed by atoms with Crippen molar-refractivity contribution in [2.24, 2.45) is 0 Å². The van der Waals surface area contributed by atoms with Gasteiger partial charge in [0.05, 0.1) is 0 Å². The van der Waals surface area contributed by atoms with E-state index < -0.39 is 0 Å². The first kappa shape index (κ1) is 21.6. The van der Waals surface area contributed by atoms with Gasteiger partial charge < -0.3 is 10.1 Å². The molecule has 0 heterocycles. The molecule has 3 aromatic carbocycles. The Morgan fingerprint density at radius 3 is 2.15 bits per heavy atom. The molecule has 0 aliphatic heterocycles. The Kier molecular flexibility index (Phi) is 8.96. The maximum atomic E-state index is 6.14. The Bertz CT molecular complexity index is 820. The zero-order valence-electron chi connectivity index (χ0n) is 14.8. The van der Waals surface area contributed by atoms with E-state index in [-0.39, 0.29) is 12.4 Å². The first-order chi connectivity index (χ1) is 12.7. The Balaban J connectivity index is 0.00000261. The summed E-state index contributed by atoms with van der Waals surface area (Å²) in [6.45, 7) is 2.23. The number of ether oxygens (including phenoxy) is 1. The molecule has 2 nitrogen and oxygen atoms in total. The molecular formula is C22H22Cl3NO. The lowest BCUT2D eigenvalue weighted by Crippen LogP contribution is -2.16. The topological polar surface area (TPSA) is 21.3 Å². The predicted molar refractivity (Wildman–Crippen MR) is 116 cm³/mol. The molecule has 5 heteroatoms. The highest BCUT2D eigenvalue weighted by molar-refractivity contribution is 6.31. The zero-order valence-corrected chi connectivity index (χ0v) is 17.2. The lowest BCUT2D eigenvalue weighted by molar-refractivity contribution is 0.306. The molecule has 0 saturated heterocycles. The molecule has 0 aliphatic rings. The summed E-state index contributed by atoms with van der Waals surface area (Å²) in [6, 6.07) is 23.9. The molecule has 27 heavy (non-hydrogen) atoms. The number of hydrogen-bond acceptors (Lipinski definition) is 2. The van der Waals surface area contributed by atoms with Crippen LogP contribution in [-0.2, 0) is 19.6 Å². The van der Waals surface area contributed by atoms with Crippen molar-refractivity contribution in [2.75, 3.05) is 6.54 Å². The molecule has 1 N–H and O–H groups in total. The van der Waals surface area contributed by atoms with Crippen LogP contribution in [0.1, 0.15) is 16.7 Å². The van der Waals surface area contributed by atoms with Crippen LogP contribution in [0, 0.1) is 0 Å². The molecule has 0 aliphatic carbocycles. The van der Waals surface area contributed by atoms with Crippen molar-refractivity contribution in [3.8, 4) is 5.75 Å². The van der Waals surface area contributed by atoms with Crippen molar-refractivity contribution in [3.05, 3.63) is 99.5 Å². The van der Waals surface area contributed by atoms with E-state index in [0.29, 0.717) is 6.61 Å². The van der Waals surface area contributed by atoms with Gasteiger partial charge in [-0.25, -0.2) is 0 Å². The molecule has 0 unspecified atom stereocenters. The molecule has 0 aromatic heterocycles. The molecule has 0 spiro atoms. The molecule has 3 rings (SSSR count). The van der Waals surface area contributed by atoms with Crippen molar-refractivity contribution < 1.29 is 4.74 Å². The molecule has 3 aromatic rings. The smallest absolute Gasteiger partial charge is 0.119 e. The van der Waals surface area contributed by atoms with E-state index in [4.69, 9.17) is 27.9 Å². The standard InChI is InChI=1S/C22H21Cl2NO.ClH/c23-20-9-5-17(6-10-20)13-14-25-15-18-7-11-21(12-8-18)26-16-19-3-1-2-4-22(19)24;/h1-12,25H,13-16H2;1H. The number of nitrogens with one attached hydrogen (secondary N) is 1. The zero-order chi connectivity index (χ0) is 18.2. The van der Waals surface area contributed by atoms with Crippen molar-refractivity contribution >= 4 is 35.6 Å². The van der Waals surface area contributed by atoms with Crippen LogP contribution in [0.25, 0.3) is 0 Å². The van der Waals surface area contributed by atoms with Crippen LogP contribution >= 0.6 is 35.6 Å². The van der Waals surface area contributed by atoms with Gasteiger partial charge in [0.2, 0.25) is 0 Å². The monoisotopic (exact) mass is 421 g/mol. The highest BCUT2D eigenvalue weighted by Crippen LogP contribution is 2.19.